The van der Waals surface area contributed by atoms with Gasteiger partial charge in [0.25, 0.3) is 0 Å². The Kier molecular flexibility index (Phi) is 3.69. The molecule has 1 N–H and O–H groups in total. The molecule has 2 heterocycles. The van der Waals surface area contributed by atoms with Crippen molar-refractivity contribution < 1.29 is 0 Å². The van der Waals surface area contributed by atoms with Crippen molar-refractivity contribution in [2.75, 3.05) is 6.54 Å². The predicted molar refractivity (Wildman–Crippen MR) is 78.7 cm³/mol. The summed E-state index contributed by atoms with van der Waals surface area (Å²) in [6.07, 6.45) is 6.51. The summed E-state index contributed by atoms with van der Waals surface area (Å²) in [7, 11) is 0. The van der Waals surface area contributed by atoms with Gasteiger partial charge < -0.3 is 5.32 Å². The molecule has 0 atom stereocenters. The predicted octanol–water partition coefficient (Wildman–Crippen LogP) is 2.32. The van der Waals surface area contributed by atoms with Crippen molar-refractivity contribution in [2.45, 2.75) is 19.9 Å². The van der Waals surface area contributed by atoms with Gasteiger partial charge in [0.15, 0.2) is 0 Å². The second kappa shape index (κ2) is 5.79. The lowest BCUT2D eigenvalue weighted by Gasteiger charge is -2.03. The van der Waals surface area contributed by atoms with Crippen LogP contribution in [0.5, 0.6) is 0 Å². The van der Waals surface area contributed by atoms with Gasteiger partial charge in [-0.05, 0) is 37.2 Å². The third kappa shape index (κ3) is 2.67. The van der Waals surface area contributed by atoms with Crippen molar-refractivity contribution in [3.05, 3.63) is 48.5 Å². The van der Waals surface area contributed by atoms with E-state index in [2.05, 4.69) is 27.3 Å². The molecule has 1 aromatic carbocycles. The Morgan fingerprint density at radius 2 is 1.95 bits per heavy atom. The number of hydrogen-bond donors (Lipinski definition) is 1. The molecule has 20 heavy (non-hydrogen) atoms. The van der Waals surface area contributed by atoms with Gasteiger partial charge in [-0.2, -0.15) is 5.10 Å². The minimum Gasteiger partial charge on any atom is -0.311 e. The Hall–Kier alpha value is -2.27. The zero-order valence-electron chi connectivity index (χ0n) is 11.5. The zero-order valence-corrected chi connectivity index (χ0v) is 11.5. The van der Waals surface area contributed by atoms with Crippen LogP contribution in [0.15, 0.2) is 42.9 Å². The van der Waals surface area contributed by atoms with Gasteiger partial charge >= 0.3 is 0 Å². The highest BCUT2D eigenvalue weighted by Crippen LogP contribution is 2.14. The average Bonchev–Trinajstić information content (AvgIpc) is 2.96. The molecule has 102 valence electrons. The molecule has 0 saturated heterocycles. The lowest BCUT2D eigenvalue weighted by atomic mass is 10.2. The van der Waals surface area contributed by atoms with Gasteiger partial charge in [0.1, 0.15) is 0 Å². The molecule has 0 aliphatic carbocycles. The van der Waals surface area contributed by atoms with Crippen LogP contribution in [0.4, 0.5) is 0 Å². The lowest BCUT2D eigenvalue weighted by molar-refractivity contribution is 0.656. The fourth-order valence-corrected chi connectivity index (χ4v) is 2.09. The number of benzene rings is 1. The maximum absolute atomic E-state index is 4.57. The lowest BCUT2D eigenvalue weighted by Crippen LogP contribution is -2.14. The van der Waals surface area contributed by atoms with Crippen molar-refractivity contribution in [1.29, 1.82) is 0 Å². The van der Waals surface area contributed by atoms with Crippen molar-refractivity contribution in [2.24, 2.45) is 0 Å². The molecular formula is C15H17N5. The Morgan fingerprint density at radius 1 is 1.10 bits per heavy atom. The average molecular weight is 267 g/mol. The summed E-state index contributed by atoms with van der Waals surface area (Å²) < 4.78 is 1.87. The molecule has 0 radical (unpaired) electrons. The van der Waals surface area contributed by atoms with Crippen LogP contribution in [-0.2, 0) is 6.54 Å². The Labute approximate surface area is 117 Å². The first-order valence-corrected chi connectivity index (χ1v) is 6.83. The molecule has 0 fully saturated rings. The summed E-state index contributed by atoms with van der Waals surface area (Å²) in [6.45, 7) is 3.97. The van der Waals surface area contributed by atoms with E-state index in [-0.39, 0.29) is 0 Å². The molecule has 0 aliphatic heterocycles. The first-order valence-electron chi connectivity index (χ1n) is 6.83. The number of rotatable bonds is 5. The fraction of sp³-hybridized carbons (Fsp3) is 0.267. The van der Waals surface area contributed by atoms with Crippen LogP contribution in [-0.4, -0.2) is 26.3 Å². The summed E-state index contributed by atoms with van der Waals surface area (Å²) in [4.78, 5) is 8.59. The van der Waals surface area contributed by atoms with E-state index in [0.29, 0.717) is 0 Å². The first kappa shape index (κ1) is 12.7. The van der Waals surface area contributed by atoms with E-state index in [1.165, 1.54) is 0 Å². The van der Waals surface area contributed by atoms with Crippen LogP contribution in [0, 0.1) is 0 Å². The number of nitrogens with one attached hydrogen (secondary N) is 1. The SMILES string of the molecule is CCCNCc1ccn(-c2ccc3nccnc3c2)n1. The molecule has 0 aliphatic rings. The summed E-state index contributed by atoms with van der Waals surface area (Å²) in [6, 6.07) is 8.00. The molecule has 0 saturated carbocycles. The normalized spacial score (nSPS) is 11.1. The van der Waals surface area contributed by atoms with Gasteiger partial charge in [0, 0.05) is 25.1 Å². The largest absolute Gasteiger partial charge is 0.311 e. The van der Waals surface area contributed by atoms with Gasteiger partial charge in [0.2, 0.25) is 0 Å². The number of fused-ring (bicyclic) bond motifs is 1. The maximum atomic E-state index is 4.57. The number of aromatic nitrogens is 4. The zero-order chi connectivity index (χ0) is 13.8. The molecule has 0 spiro atoms. The molecule has 0 amide bonds. The molecule has 0 unspecified atom stereocenters. The van der Waals surface area contributed by atoms with Crippen LogP contribution in [0.3, 0.4) is 0 Å². The minimum atomic E-state index is 0.800. The van der Waals surface area contributed by atoms with Crippen molar-refractivity contribution >= 4 is 11.0 Å². The maximum Gasteiger partial charge on any atom is 0.0908 e. The van der Waals surface area contributed by atoms with Gasteiger partial charge in [-0.25, -0.2) is 4.68 Å². The third-order valence-corrected chi connectivity index (χ3v) is 3.09. The van der Waals surface area contributed by atoms with Gasteiger partial charge in [-0.1, -0.05) is 6.92 Å². The molecule has 3 aromatic rings. The Morgan fingerprint density at radius 3 is 2.80 bits per heavy atom. The van der Waals surface area contributed by atoms with E-state index >= 15 is 0 Å². The van der Waals surface area contributed by atoms with E-state index in [1.54, 1.807) is 12.4 Å². The molecule has 2 aromatic heterocycles. The third-order valence-electron chi connectivity index (χ3n) is 3.09. The Balaban J connectivity index is 1.83. The summed E-state index contributed by atoms with van der Waals surface area (Å²) >= 11 is 0. The smallest absolute Gasteiger partial charge is 0.0908 e. The van der Waals surface area contributed by atoms with E-state index < -0.39 is 0 Å². The fourth-order valence-electron chi connectivity index (χ4n) is 2.09. The molecule has 0 bridgehead atoms. The second-order valence-corrected chi connectivity index (χ2v) is 4.66. The van der Waals surface area contributed by atoms with E-state index in [4.69, 9.17) is 0 Å². The molecule has 5 heteroatoms. The molecular weight excluding hydrogens is 250 g/mol. The summed E-state index contributed by atoms with van der Waals surface area (Å²) in [5.41, 5.74) is 3.82. The minimum absolute atomic E-state index is 0.800. The highest BCUT2D eigenvalue weighted by atomic mass is 15.3. The number of nitrogens with zero attached hydrogens (tertiary/aromatic N) is 4. The van der Waals surface area contributed by atoms with Crippen LogP contribution >= 0.6 is 0 Å². The highest BCUT2D eigenvalue weighted by molar-refractivity contribution is 5.76. The van der Waals surface area contributed by atoms with Gasteiger partial charge in [0.05, 0.1) is 22.4 Å². The van der Waals surface area contributed by atoms with Crippen LogP contribution in [0.1, 0.15) is 19.0 Å². The van der Waals surface area contributed by atoms with Gasteiger partial charge in [-0.15, -0.1) is 0 Å². The van der Waals surface area contributed by atoms with Gasteiger partial charge in [-0.3, -0.25) is 9.97 Å². The number of hydrogen-bond acceptors (Lipinski definition) is 4. The van der Waals surface area contributed by atoms with Crippen molar-refractivity contribution in [3.8, 4) is 5.69 Å². The highest BCUT2D eigenvalue weighted by Gasteiger charge is 2.03. The quantitative estimate of drug-likeness (QED) is 0.721. The van der Waals surface area contributed by atoms with Crippen LogP contribution in [0.25, 0.3) is 16.7 Å². The Bertz CT molecular complexity index is 704. The monoisotopic (exact) mass is 267 g/mol. The first-order chi connectivity index (χ1) is 9.86. The van der Waals surface area contributed by atoms with Crippen molar-refractivity contribution in [3.63, 3.8) is 0 Å². The van der Waals surface area contributed by atoms with Crippen LogP contribution in [0.2, 0.25) is 0 Å². The van der Waals surface area contributed by atoms with E-state index in [0.717, 1.165) is 41.9 Å². The molecule has 3 rings (SSSR count). The van der Waals surface area contributed by atoms with Crippen molar-refractivity contribution in [1.82, 2.24) is 25.1 Å². The molecule has 5 nitrogen and oxygen atoms in total. The summed E-state index contributed by atoms with van der Waals surface area (Å²) in [5, 5.41) is 7.91. The summed E-state index contributed by atoms with van der Waals surface area (Å²) in [5.74, 6) is 0. The van der Waals surface area contributed by atoms with E-state index in [9.17, 15) is 0 Å². The second-order valence-electron chi connectivity index (χ2n) is 4.66. The van der Waals surface area contributed by atoms with Crippen LogP contribution < -0.4 is 5.32 Å². The topological polar surface area (TPSA) is 55.6 Å². The standard InChI is InChI=1S/C15H17N5/c1-2-6-16-11-12-5-9-20(19-12)13-3-4-14-15(10-13)18-8-7-17-14/h3-5,7-10,16H,2,6,11H2,1H3. The van der Waals surface area contributed by atoms with E-state index in [1.807, 2.05) is 35.1 Å².